The predicted octanol–water partition coefficient (Wildman–Crippen LogP) is 0.270. The van der Waals surface area contributed by atoms with E-state index >= 15 is 0 Å². The van der Waals surface area contributed by atoms with E-state index in [1.807, 2.05) is 0 Å². The van der Waals surface area contributed by atoms with Gasteiger partial charge in [0.05, 0.1) is 0 Å². The molecule has 0 aliphatic carbocycles. The molecule has 1 radical (unpaired) electrons. The van der Waals surface area contributed by atoms with E-state index in [2.05, 4.69) is 0 Å². The van der Waals surface area contributed by atoms with E-state index in [-0.39, 0.29) is 18.6 Å². The van der Waals surface area contributed by atoms with Gasteiger partial charge in [-0.2, -0.15) is 0 Å². The van der Waals surface area contributed by atoms with E-state index in [0.717, 1.165) is 20.8 Å². The average Bonchev–Trinajstić information content (AvgIpc) is 1.54. The third-order valence-corrected chi connectivity index (χ3v) is 0. The maximum atomic E-state index is 9.00. The standard InChI is InChI=1S/3C2H4O2.V/c3*1-2(3)4;/h3*1H3,(H,3,4);. The number of hydrogen-bond donors (Lipinski definition) is 3. The Morgan fingerprint density at radius 1 is 0.692 bits per heavy atom. The third kappa shape index (κ3) is 880. The van der Waals surface area contributed by atoms with Crippen molar-refractivity contribution in [3.05, 3.63) is 0 Å². The predicted molar refractivity (Wildman–Crippen MR) is 39.9 cm³/mol. The Labute approximate surface area is 87.5 Å². The fourth-order valence-corrected chi connectivity index (χ4v) is 0. The van der Waals surface area contributed by atoms with Crippen molar-refractivity contribution >= 4 is 17.9 Å². The van der Waals surface area contributed by atoms with E-state index in [4.69, 9.17) is 29.7 Å². The van der Waals surface area contributed by atoms with Crippen molar-refractivity contribution in [2.45, 2.75) is 20.8 Å². The van der Waals surface area contributed by atoms with E-state index in [9.17, 15) is 0 Å². The first-order valence-corrected chi connectivity index (χ1v) is 2.78. The number of carboxylic acid groups (broad SMARTS) is 3. The van der Waals surface area contributed by atoms with Crippen LogP contribution in [-0.4, -0.2) is 33.2 Å². The van der Waals surface area contributed by atoms with Crippen molar-refractivity contribution in [2.75, 3.05) is 0 Å². The minimum atomic E-state index is -0.833. The van der Waals surface area contributed by atoms with Crippen molar-refractivity contribution < 1.29 is 48.3 Å². The second kappa shape index (κ2) is 17.2. The molecule has 0 fully saturated rings. The average molecular weight is 231 g/mol. The van der Waals surface area contributed by atoms with Gasteiger partial charge < -0.3 is 15.3 Å². The van der Waals surface area contributed by atoms with Crippen LogP contribution in [-0.2, 0) is 32.9 Å². The monoisotopic (exact) mass is 231 g/mol. The first-order valence-electron chi connectivity index (χ1n) is 2.78. The smallest absolute Gasteiger partial charge is 0.300 e. The van der Waals surface area contributed by atoms with Gasteiger partial charge in [0.1, 0.15) is 0 Å². The van der Waals surface area contributed by atoms with Crippen LogP contribution in [0.4, 0.5) is 0 Å². The van der Waals surface area contributed by atoms with Gasteiger partial charge in [0.15, 0.2) is 0 Å². The van der Waals surface area contributed by atoms with Gasteiger partial charge in [-0.3, -0.25) is 14.4 Å². The van der Waals surface area contributed by atoms with Crippen LogP contribution in [0.5, 0.6) is 0 Å². The molecule has 0 atom stereocenters. The van der Waals surface area contributed by atoms with Crippen LogP contribution in [0.2, 0.25) is 0 Å². The van der Waals surface area contributed by atoms with E-state index in [0.29, 0.717) is 0 Å². The summed E-state index contributed by atoms with van der Waals surface area (Å²) in [6.45, 7) is 3.25. The Bertz CT molecular complexity index is 115. The van der Waals surface area contributed by atoms with Gasteiger partial charge in [-0.1, -0.05) is 0 Å². The Balaban J connectivity index is -0.0000000450. The van der Waals surface area contributed by atoms with Gasteiger partial charge >= 0.3 is 0 Å². The largest absolute Gasteiger partial charge is 0.481 e. The molecule has 6 nitrogen and oxygen atoms in total. The Morgan fingerprint density at radius 3 is 0.692 bits per heavy atom. The molecule has 0 saturated heterocycles. The summed E-state index contributed by atoms with van der Waals surface area (Å²) in [6, 6.07) is 0. The molecular formula is C6H12O6V. The minimum Gasteiger partial charge on any atom is -0.481 e. The zero-order valence-electron chi connectivity index (χ0n) is 7.51. The number of carboxylic acids is 3. The quantitative estimate of drug-likeness (QED) is 0.551. The van der Waals surface area contributed by atoms with Gasteiger partial charge in [-0.15, -0.1) is 0 Å². The molecular weight excluding hydrogens is 219 g/mol. The fraction of sp³-hybridized carbons (Fsp3) is 0.500. The second-order valence-corrected chi connectivity index (χ2v) is 1.56. The van der Waals surface area contributed by atoms with Crippen molar-refractivity contribution in [1.82, 2.24) is 0 Å². The first kappa shape index (κ1) is 22.7. The molecule has 0 aromatic heterocycles. The summed E-state index contributed by atoms with van der Waals surface area (Å²) in [7, 11) is 0. The second-order valence-electron chi connectivity index (χ2n) is 1.56. The van der Waals surface area contributed by atoms with Crippen LogP contribution in [0.25, 0.3) is 0 Å². The van der Waals surface area contributed by atoms with Crippen molar-refractivity contribution in [1.29, 1.82) is 0 Å². The molecule has 0 bridgehead atoms. The van der Waals surface area contributed by atoms with E-state index in [1.54, 1.807) is 0 Å². The van der Waals surface area contributed by atoms with Gasteiger partial charge in [0.25, 0.3) is 17.9 Å². The van der Waals surface area contributed by atoms with Crippen molar-refractivity contribution in [3.63, 3.8) is 0 Å². The molecule has 0 amide bonds. The van der Waals surface area contributed by atoms with E-state index < -0.39 is 17.9 Å². The molecule has 0 aliphatic rings. The molecule has 0 rings (SSSR count). The SMILES string of the molecule is CC(=O)O.CC(=O)O.CC(=O)O.[V]. The van der Waals surface area contributed by atoms with Crippen molar-refractivity contribution in [3.8, 4) is 0 Å². The Hall–Kier alpha value is -1.01. The topological polar surface area (TPSA) is 112 Å². The summed E-state index contributed by atoms with van der Waals surface area (Å²) in [6.07, 6.45) is 0. The summed E-state index contributed by atoms with van der Waals surface area (Å²) >= 11 is 0. The van der Waals surface area contributed by atoms with Crippen LogP contribution < -0.4 is 0 Å². The maximum absolute atomic E-state index is 9.00. The molecule has 3 N–H and O–H groups in total. The van der Waals surface area contributed by atoms with Crippen LogP contribution in [0, 0.1) is 0 Å². The number of rotatable bonds is 0. The molecule has 0 unspecified atom stereocenters. The molecule has 0 heterocycles. The normalized spacial score (nSPS) is 5.77. The van der Waals surface area contributed by atoms with Crippen LogP contribution in [0.15, 0.2) is 0 Å². The fourth-order valence-electron chi connectivity index (χ4n) is 0. The van der Waals surface area contributed by atoms with Gasteiger partial charge in [-0.05, 0) is 0 Å². The number of carbonyl (C=O) groups is 3. The Kier molecular flexibility index (Phi) is 30.0. The zero-order valence-corrected chi connectivity index (χ0v) is 8.91. The summed E-state index contributed by atoms with van der Waals surface area (Å²) in [4.78, 5) is 27.0. The molecule has 0 aromatic rings. The molecule has 0 saturated carbocycles. The first-order chi connectivity index (χ1) is 5.20. The summed E-state index contributed by atoms with van der Waals surface area (Å²) in [5.74, 6) is -2.50. The summed E-state index contributed by atoms with van der Waals surface area (Å²) in [5, 5.41) is 22.2. The molecule has 0 aliphatic heterocycles. The molecule has 0 aromatic carbocycles. The molecule has 0 spiro atoms. The van der Waals surface area contributed by atoms with Crippen LogP contribution in [0.1, 0.15) is 20.8 Å². The minimum absolute atomic E-state index is 0. The number of aliphatic carboxylic acids is 3. The zero-order chi connectivity index (χ0) is 10.7. The summed E-state index contributed by atoms with van der Waals surface area (Å²) < 4.78 is 0. The third-order valence-electron chi connectivity index (χ3n) is 0. The number of hydrogen-bond acceptors (Lipinski definition) is 3. The van der Waals surface area contributed by atoms with Crippen LogP contribution in [0.3, 0.4) is 0 Å². The molecule has 77 valence electrons. The molecule has 7 heteroatoms. The van der Waals surface area contributed by atoms with Gasteiger partial charge in [-0.25, -0.2) is 0 Å². The van der Waals surface area contributed by atoms with Crippen molar-refractivity contribution in [2.24, 2.45) is 0 Å². The van der Waals surface area contributed by atoms with Gasteiger partial charge in [0.2, 0.25) is 0 Å². The summed E-state index contributed by atoms with van der Waals surface area (Å²) in [5.41, 5.74) is 0. The van der Waals surface area contributed by atoms with Crippen LogP contribution >= 0.6 is 0 Å². The Morgan fingerprint density at radius 2 is 0.692 bits per heavy atom. The molecule has 13 heavy (non-hydrogen) atoms. The van der Waals surface area contributed by atoms with E-state index in [1.165, 1.54) is 0 Å². The maximum Gasteiger partial charge on any atom is 0.300 e. The van der Waals surface area contributed by atoms with Gasteiger partial charge in [0, 0.05) is 39.3 Å².